The number of hydrogen-bond acceptors (Lipinski definition) is 3. The Morgan fingerprint density at radius 3 is 2.67 bits per heavy atom. The molecule has 2 rings (SSSR count). The normalized spacial score (nSPS) is 21.7. The first-order valence-corrected chi connectivity index (χ1v) is 8.29. The van der Waals surface area contributed by atoms with E-state index >= 15 is 0 Å². The Morgan fingerprint density at radius 1 is 1.33 bits per heavy atom. The van der Waals surface area contributed by atoms with E-state index in [0.29, 0.717) is 12.1 Å². The molecular formula is C17H28ClN3. The van der Waals surface area contributed by atoms with Gasteiger partial charge in [0.15, 0.2) is 0 Å². The second-order valence-electron chi connectivity index (χ2n) is 6.24. The third-order valence-electron chi connectivity index (χ3n) is 4.57. The van der Waals surface area contributed by atoms with Crippen LogP contribution in [0.1, 0.15) is 30.9 Å². The van der Waals surface area contributed by atoms with Crippen LogP contribution < -0.4 is 5.32 Å². The molecule has 1 saturated heterocycles. The Labute approximate surface area is 134 Å². The van der Waals surface area contributed by atoms with E-state index in [4.69, 9.17) is 11.6 Å². The van der Waals surface area contributed by atoms with Crippen LogP contribution in [0.3, 0.4) is 0 Å². The standard InChI is InChI=1S/C17H28ClN3/c1-19-17(14-6-8-15(18)9-7-14)10-12-21-11-4-5-16(13-21)20(2)3/h6-9,16-17,19H,4-5,10-13H2,1-3H3. The van der Waals surface area contributed by atoms with E-state index < -0.39 is 0 Å². The average Bonchev–Trinajstić information content (AvgIpc) is 2.50. The summed E-state index contributed by atoms with van der Waals surface area (Å²) >= 11 is 5.97. The fraction of sp³-hybridized carbons (Fsp3) is 0.647. The minimum atomic E-state index is 0.405. The first-order chi connectivity index (χ1) is 10.1. The summed E-state index contributed by atoms with van der Waals surface area (Å²) in [6, 6.07) is 9.32. The molecule has 1 aromatic carbocycles. The van der Waals surface area contributed by atoms with Crippen LogP contribution in [-0.2, 0) is 0 Å². The van der Waals surface area contributed by atoms with E-state index in [2.05, 4.69) is 41.3 Å². The number of halogens is 1. The van der Waals surface area contributed by atoms with Crippen molar-refractivity contribution in [2.75, 3.05) is 40.8 Å². The van der Waals surface area contributed by atoms with Gasteiger partial charge in [0, 0.05) is 30.2 Å². The molecule has 3 nitrogen and oxygen atoms in total. The molecule has 2 unspecified atom stereocenters. The van der Waals surface area contributed by atoms with Gasteiger partial charge in [-0.3, -0.25) is 0 Å². The molecule has 2 atom stereocenters. The van der Waals surface area contributed by atoms with Gasteiger partial charge in [0.05, 0.1) is 0 Å². The highest BCUT2D eigenvalue weighted by atomic mass is 35.5. The summed E-state index contributed by atoms with van der Waals surface area (Å²) in [5.41, 5.74) is 1.32. The smallest absolute Gasteiger partial charge is 0.0406 e. The van der Waals surface area contributed by atoms with Crippen LogP contribution in [0.2, 0.25) is 5.02 Å². The minimum absolute atomic E-state index is 0.405. The maximum atomic E-state index is 5.97. The van der Waals surface area contributed by atoms with Crippen LogP contribution in [0.15, 0.2) is 24.3 Å². The van der Waals surface area contributed by atoms with Gasteiger partial charge in [0.25, 0.3) is 0 Å². The zero-order valence-electron chi connectivity index (χ0n) is 13.5. The summed E-state index contributed by atoms with van der Waals surface area (Å²) in [5, 5.41) is 4.24. The molecule has 0 spiro atoms. The molecule has 1 aliphatic rings. The molecule has 0 aromatic heterocycles. The van der Waals surface area contributed by atoms with Crippen molar-refractivity contribution in [2.45, 2.75) is 31.3 Å². The highest BCUT2D eigenvalue weighted by Gasteiger charge is 2.21. The number of piperidine rings is 1. The van der Waals surface area contributed by atoms with Crippen molar-refractivity contribution in [2.24, 2.45) is 0 Å². The van der Waals surface area contributed by atoms with E-state index in [1.807, 2.05) is 19.2 Å². The molecule has 21 heavy (non-hydrogen) atoms. The SMILES string of the molecule is CNC(CCN1CCCC(N(C)C)C1)c1ccc(Cl)cc1. The van der Waals surface area contributed by atoms with Crippen LogP contribution >= 0.6 is 11.6 Å². The highest BCUT2D eigenvalue weighted by Crippen LogP contribution is 2.21. The lowest BCUT2D eigenvalue weighted by Crippen LogP contribution is -2.45. The molecule has 4 heteroatoms. The van der Waals surface area contributed by atoms with Gasteiger partial charge in [-0.15, -0.1) is 0 Å². The Kier molecular flexibility index (Phi) is 6.49. The van der Waals surface area contributed by atoms with Gasteiger partial charge >= 0.3 is 0 Å². The monoisotopic (exact) mass is 309 g/mol. The molecule has 1 aromatic rings. The molecule has 1 heterocycles. The molecule has 1 N–H and O–H groups in total. The van der Waals surface area contributed by atoms with Crippen LogP contribution in [0.25, 0.3) is 0 Å². The number of nitrogens with one attached hydrogen (secondary N) is 1. The van der Waals surface area contributed by atoms with Gasteiger partial charge in [0.2, 0.25) is 0 Å². The molecule has 0 aliphatic carbocycles. The highest BCUT2D eigenvalue weighted by molar-refractivity contribution is 6.30. The number of rotatable bonds is 6. The Bertz CT molecular complexity index is 419. The summed E-state index contributed by atoms with van der Waals surface area (Å²) in [7, 11) is 6.43. The molecular weight excluding hydrogens is 282 g/mol. The molecule has 118 valence electrons. The summed E-state index contributed by atoms with van der Waals surface area (Å²) < 4.78 is 0. The van der Waals surface area contributed by atoms with E-state index in [1.54, 1.807) is 0 Å². The van der Waals surface area contributed by atoms with E-state index in [1.165, 1.54) is 31.5 Å². The van der Waals surface area contributed by atoms with Gasteiger partial charge in [-0.25, -0.2) is 0 Å². The minimum Gasteiger partial charge on any atom is -0.313 e. The quantitative estimate of drug-likeness (QED) is 0.871. The van der Waals surface area contributed by atoms with Crippen LogP contribution in [0.5, 0.6) is 0 Å². The average molecular weight is 310 g/mol. The third-order valence-corrected chi connectivity index (χ3v) is 4.82. The Hall–Kier alpha value is -0.610. The predicted octanol–water partition coefficient (Wildman–Crippen LogP) is 3.02. The number of likely N-dealkylation sites (tertiary alicyclic amines) is 1. The fourth-order valence-corrected chi connectivity index (χ4v) is 3.27. The van der Waals surface area contributed by atoms with Gasteiger partial charge in [0.1, 0.15) is 0 Å². The van der Waals surface area contributed by atoms with Crippen molar-refractivity contribution in [3.8, 4) is 0 Å². The molecule has 0 bridgehead atoms. The first kappa shape index (κ1) is 16.8. The molecule has 1 fully saturated rings. The van der Waals surface area contributed by atoms with E-state index in [-0.39, 0.29) is 0 Å². The number of likely N-dealkylation sites (N-methyl/N-ethyl adjacent to an activating group) is 1. The van der Waals surface area contributed by atoms with E-state index in [0.717, 1.165) is 18.0 Å². The summed E-state index contributed by atoms with van der Waals surface area (Å²) in [6.45, 7) is 3.59. The van der Waals surface area contributed by atoms with Crippen molar-refractivity contribution in [1.29, 1.82) is 0 Å². The fourth-order valence-electron chi connectivity index (χ4n) is 3.14. The predicted molar refractivity (Wildman–Crippen MR) is 91.0 cm³/mol. The third kappa shape index (κ3) is 4.96. The zero-order valence-corrected chi connectivity index (χ0v) is 14.2. The number of nitrogens with zero attached hydrogens (tertiary/aromatic N) is 2. The maximum absolute atomic E-state index is 5.97. The lowest BCUT2D eigenvalue weighted by Gasteiger charge is -2.36. The molecule has 0 amide bonds. The lowest BCUT2D eigenvalue weighted by atomic mass is 10.0. The Balaban J connectivity index is 1.86. The van der Waals surface area contributed by atoms with E-state index in [9.17, 15) is 0 Å². The topological polar surface area (TPSA) is 18.5 Å². The van der Waals surface area contributed by atoms with Crippen molar-refractivity contribution in [3.63, 3.8) is 0 Å². The largest absolute Gasteiger partial charge is 0.313 e. The maximum Gasteiger partial charge on any atom is 0.0406 e. The van der Waals surface area contributed by atoms with Crippen LogP contribution in [0, 0.1) is 0 Å². The van der Waals surface area contributed by atoms with Gasteiger partial charge in [-0.2, -0.15) is 0 Å². The summed E-state index contributed by atoms with van der Waals surface area (Å²) in [6.07, 6.45) is 3.78. The Morgan fingerprint density at radius 2 is 2.05 bits per heavy atom. The second-order valence-corrected chi connectivity index (χ2v) is 6.68. The molecule has 0 radical (unpaired) electrons. The second kappa shape index (κ2) is 8.14. The molecule has 1 aliphatic heterocycles. The van der Waals surface area contributed by atoms with Crippen molar-refractivity contribution in [1.82, 2.24) is 15.1 Å². The van der Waals surface area contributed by atoms with Crippen molar-refractivity contribution < 1.29 is 0 Å². The van der Waals surface area contributed by atoms with Crippen molar-refractivity contribution in [3.05, 3.63) is 34.9 Å². The van der Waals surface area contributed by atoms with Gasteiger partial charge in [-0.05, 0) is 64.6 Å². The van der Waals surface area contributed by atoms with Crippen LogP contribution in [0.4, 0.5) is 0 Å². The number of hydrogen-bond donors (Lipinski definition) is 1. The van der Waals surface area contributed by atoms with Gasteiger partial charge in [-0.1, -0.05) is 23.7 Å². The summed E-state index contributed by atoms with van der Waals surface area (Å²) in [4.78, 5) is 4.97. The summed E-state index contributed by atoms with van der Waals surface area (Å²) in [5.74, 6) is 0. The lowest BCUT2D eigenvalue weighted by molar-refractivity contribution is 0.129. The first-order valence-electron chi connectivity index (χ1n) is 7.91. The van der Waals surface area contributed by atoms with Crippen molar-refractivity contribution >= 4 is 11.6 Å². The molecule has 0 saturated carbocycles. The van der Waals surface area contributed by atoms with Crippen LogP contribution in [-0.4, -0.2) is 56.6 Å². The zero-order chi connectivity index (χ0) is 15.2. The van der Waals surface area contributed by atoms with Gasteiger partial charge < -0.3 is 15.1 Å². The number of benzene rings is 1.